The lowest BCUT2D eigenvalue weighted by atomic mass is 10.0. The van der Waals surface area contributed by atoms with Crippen molar-refractivity contribution in [3.05, 3.63) is 35.4 Å². The van der Waals surface area contributed by atoms with Crippen molar-refractivity contribution < 1.29 is 14.3 Å². The molecule has 0 bridgehead atoms. The molecule has 9 heteroatoms. The first-order valence-electron chi connectivity index (χ1n) is 10.9. The van der Waals surface area contributed by atoms with E-state index in [2.05, 4.69) is 46.4 Å². The number of carbonyl (C=O) groups is 1. The molecule has 1 amide bonds. The molecule has 0 spiro atoms. The van der Waals surface area contributed by atoms with Gasteiger partial charge in [0.25, 0.3) is 0 Å². The summed E-state index contributed by atoms with van der Waals surface area (Å²) in [5.74, 6) is 0.468. The first-order chi connectivity index (χ1) is 14.6. The highest BCUT2D eigenvalue weighted by Crippen LogP contribution is 2.23. The molecule has 2 aliphatic rings. The lowest BCUT2D eigenvalue weighted by Gasteiger charge is -2.34. The van der Waals surface area contributed by atoms with Crippen LogP contribution >= 0.6 is 24.0 Å². The average molecular weight is 545 g/mol. The minimum atomic E-state index is -0.232. The summed E-state index contributed by atoms with van der Waals surface area (Å²) in [6.07, 6.45) is 1.43. The van der Waals surface area contributed by atoms with Crippen molar-refractivity contribution in [1.29, 1.82) is 0 Å². The van der Waals surface area contributed by atoms with Crippen molar-refractivity contribution in [3.63, 3.8) is 0 Å². The number of hydrogen-bond acceptors (Lipinski definition) is 5. The van der Waals surface area contributed by atoms with Gasteiger partial charge in [-0.15, -0.1) is 24.0 Å². The van der Waals surface area contributed by atoms with Crippen LogP contribution in [0, 0.1) is 6.92 Å². The van der Waals surface area contributed by atoms with Crippen LogP contribution in [0.1, 0.15) is 36.9 Å². The van der Waals surface area contributed by atoms with Gasteiger partial charge in [0.2, 0.25) is 0 Å². The van der Waals surface area contributed by atoms with Gasteiger partial charge >= 0.3 is 6.09 Å². The second-order valence-electron chi connectivity index (χ2n) is 7.91. The standard InChI is InChI=1S/C22H35N5O3.HI/c1-3-30-22(28)27-10-8-19(9-11-27)25-21(23)24-16-20(26-12-14-29-15-13-26)18-6-4-17(2)5-7-18;/h4-7,19-20H,3,8-16H2,1-2H3,(H3,23,24,25);1H. The number of benzene rings is 1. The molecule has 174 valence electrons. The lowest BCUT2D eigenvalue weighted by molar-refractivity contribution is 0.0180. The Hall–Kier alpha value is -1.59. The Morgan fingerprint density at radius 3 is 2.48 bits per heavy atom. The molecule has 0 radical (unpaired) electrons. The smallest absolute Gasteiger partial charge is 0.409 e. The van der Waals surface area contributed by atoms with E-state index in [9.17, 15) is 4.79 Å². The van der Waals surface area contributed by atoms with Crippen LogP contribution in [0.4, 0.5) is 4.79 Å². The van der Waals surface area contributed by atoms with Crippen LogP contribution in [0.25, 0.3) is 0 Å². The van der Waals surface area contributed by atoms with Gasteiger partial charge in [0, 0.05) is 32.2 Å². The molecule has 2 heterocycles. The highest BCUT2D eigenvalue weighted by molar-refractivity contribution is 14.0. The number of hydrogen-bond donors (Lipinski definition) is 2. The molecule has 1 atom stereocenters. The number of amides is 1. The van der Waals surface area contributed by atoms with Gasteiger partial charge in [-0.2, -0.15) is 0 Å². The Labute approximate surface area is 202 Å². The average Bonchev–Trinajstić information content (AvgIpc) is 2.76. The molecule has 2 saturated heterocycles. The summed E-state index contributed by atoms with van der Waals surface area (Å²) < 4.78 is 10.6. The van der Waals surface area contributed by atoms with E-state index in [1.54, 1.807) is 4.90 Å². The number of nitrogens with zero attached hydrogens (tertiary/aromatic N) is 3. The molecule has 1 unspecified atom stereocenters. The minimum Gasteiger partial charge on any atom is -0.450 e. The number of halogens is 1. The second-order valence-corrected chi connectivity index (χ2v) is 7.91. The summed E-state index contributed by atoms with van der Waals surface area (Å²) >= 11 is 0. The van der Waals surface area contributed by atoms with Gasteiger partial charge in [-0.25, -0.2) is 4.79 Å². The number of nitrogens with one attached hydrogen (secondary N) is 1. The normalized spacial score (nSPS) is 19.4. The van der Waals surface area contributed by atoms with E-state index < -0.39 is 0 Å². The monoisotopic (exact) mass is 545 g/mol. The number of nitrogens with two attached hydrogens (primary N) is 1. The highest BCUT2D eigenvalue weighted by Gasteiger charge is 2.25. The Bertz CT molecular complexity index is 702. The maximum atomic E-state index is 11.8. The summed E-state index contributed by atoms with van der Waals surface area (Å²) in [5.41, 5.74) is 8.72. The summed E-state index contributed by atoms with van der Waals surface area (Å²) in [6.45, 7) is 9.56. The van der Waals surface area contributed by atoms with Crippen LogP contribution in [0.3, 0.4) is 0 Å². The van der Waals surface area contributed by atoms with Gasteiger partial charge in [-0.1, -0.05) is 29.8 Å². The van der Waals surface area contributed by atoms with E-state index >= 15 is 0 Å². The second kappa shape index (κ2) is 13.1. The van der Waals surface area contributed by atoms with Crippen molar-refractivity contribution >= 4 is 36.0 Å². The van der Waals surface area contributed by atoms with E-state index in [-0.39, 0.29) is 42.2 Å². The molecule has 3 rings (SSSR count). The Balaban J connectivity index is 0.00000341. The first kappa shape index (κ1) is 25.7. The SMILES string of the molecule is CCOC(=O)N1CCC(NC(N)=NCC(c2ccc(C)cc2)N2CCOCC2)CC1.I. The third kappa shape index (κ3) is 7.80. The lowest BCUT2D eigenvalue weighted by Crippen LogP contribution is -2.48. The minimum absolute atomic E-state index is 0. The van der Waals surface area contributed by atoms with Crippen LogP contribution in [0.5, 0.6) is 0 Å². The summed E-state index contributed by atoms with van der Waals surface area (Å²) in [4.78, 5) is 20.7. The molecule has 31 heavy (non-hydrogen) atoms. The molecule has 0 saturated carbocycles. The van der Waals surface area contributed by atoms with Crippen molar-refractivity contribution in [3.8, 4) is 0 Å². The fraction of sp³-hybridized carbons (Fsp3) is 0.636. The highest BCUT2D eigenvalue weighted by atomic mass is 127. The summed E-state index contributed by atoms with van der Waals surface area (Å²) in [5, 5.41) is 3.33. The van der Waals surface area contributed by atoms with Crippen molar-refractivity contribution in [1.82, 2.24) is 15.1 Å². The van der Waals surface area contributed by atoms with Crippen LogP contribution in [-0.4, -0.2) is 80.4 Å². The molecule has 0 aliphatic carbocycles. The summed E-state index contributed by atoms with van der Waals surface area (Å²) in [7, 11) is 0. The van der Waals surface area contributed by atoms with Crippen LogP contribution in [-0.2, 0) is 9.47 Å². The number of aryl methyl sites for hydroxylation is 1. The number of morpholine rings is 1. The van der Waals surface area contributed by atoms with E-state index in [1.807, 2.05) is 6.92 Å². The Kier molecular flexibility index (Phi) is 10.8. The zero-order valence-electron chi connectivity index (χ0n) is 18.6. The van der Waals surface area contributed by atoms with E-state index in [4.69, 9.17) is 15.2 Å². The quantitative estimate of drug-likeness (QED) is 0.325. The number of ether oxygens (including phenoxy) is 2. The van der Waals surface area contributed by atoms with Gasteiger partial charge in [-0.3, -0.25) is 9.89 Å². The fourth-order valence-electron chi connectivity index (χ4n) is 3.97. The van der Waals surface area contributed by atoms with Crippen molar-refractivity contribution in [2.75, 3.05) is 52.5 Å². The first-order valence-corrected chi connectivity index (χ1v) is 10.9. The number of rotatable bonds is 6. The number of aliphatic imine (C=N–C) groups is 1. The molecule has 3 N–H and O–H groups in total. The summed E-state index contributed by atoms with van der Waals surface area (Å²) in [6, 6.07) is 9.05. The number of carbonyl (C=O) groups excluding carboxylic acids is 1. The molecular weight excluding hydrogens is 509 g/mol. The third-order valence-corrected chi connectivity index (χ3v) is 5.76. The van der Waals surface area contributed by atoms with Crippen molar-refractivity contribution in [2.45, 2.75) is 38.8 Å². The molecule has 0 aromatic heterocycles. The van der Waals surface area contributed by atoms with Crippen LogP contribution in [0.15, 0.2) is 29.3 Å². The van der Waals surface area contributed by atoms with E-state index in [1.165, 1.54) is 11.1 Å². The Morgan fingerprint density at radius 1 is 1.23 bits per heavy atom. The van der Waals surface area contributed by atoms with Gasteiger partial charge < -0.3 is 25.4 Å². The molecule has 2 aliphatic heterocycles. The van der Waals surface area contributed by atoms with E-state index in [0.29, 0.717) is 32.2 Å². The predicted octanol–water partition coefficient (Wildman–Crippen LogP) is 2.51. The van der Waals surface area contributed by atoms with Gasteiger partial charge in [-0.05, 0) is 32.3 Å². The van der Waals surface area contributed by atoms with Gasteiger partial charge in [0.05, 0.1) is 32.4 Å². The zero-order chi connectivity index (χ0) is 21.3. The fourth-order valence-corrected chi connectivity index (χ4v) is 3.97. The Morgan fingerprint density at radius 2 is 1.87 bits per heavy atom. The largest absolute Gasteiger partial charge is 0.450 e. The van der Waals surface area contributed by atoms with Crippen molar-refractivity contribution in [2.24, 2.45) is 10.7 Å². The topological polar surface area (TPSA) is 92.4 Å². The molecular formula is C22H36IN5O3. The van der Waals surface area contributed by atoms with Gasteiger partial charge in [0.1, 0.15) is 0 Å². The van der Waals surface area contributed by atoms with Crippen LogP contribution < -0.4 is 11.1 Å². The van der Waals surface area contributed by atoms with Gasteiger partial charge in [0.15, 0.2) is 5.96 Å². The van der Waals surface area contributed by atoms with Crippen LogP contribution in [0.2, 0.25) is 0 Å². The maximum absolute atomic E-state index is 11.8. The predicted molar refractivity (Wildman–Crippen MR) is 133 cm³/mol. The number of guanidine groups is 1. The molecule has 8 nitrogen and oxygen atoms in total. The third-order valence-electron chi connectivity index (χ3n) is 5.76. The number of piperidine rings is 1. The molecule has 1 aromatic carbocycles. The molecule has 2 fully saturated rings. The van der Waals surface area contributed by atoms with E-state index in [0.717, 1.165) is 39.1 Å². The molecule has 1 aromatic rings. The number of likely N-dealkylation sites (tertiary alicyclic amines) is 1. The maximum Gasteiger partial charge on any atom is 0.409 e. The zero-order valence-corrected chi connectivity index (χ0v) is 20.9.